The Morgan fingerprint density at radius 3 is 3.13 bits per heavy atom. The van der Waals surface area contributed by atoms with Crippen molar-refractivity contribution in [2.24, 2.45) is 0 Å². The van der Waals surface area contributed by atoms with E-state index in [-0.39, 0.29) is 0 Å². The molecule has 1 aliphatic rings. The lowest BCUT2D eigenvalue weighted by Gasteiger charge is -2.13. The zero-order valence-electron chi connectivity index (χ0n) is 8.77. The van der Waals surface area contributed by atoms with Crippen molar-refractivity contribution in [2.75, 3.05) is 0 Å². The van der Waals surface area contributed by atoms with Crippen LogP contribution in [0.1, 0.15) is 30.7 Å². The third kappa shape index (κ3) is 1.20. The van der Waals surface area contributed by atoms with Crippen LogP contribution in [0.3, 0.4) is 0 Å². The number of hydrogen-bond donors (Lipinski definition) is 1. The van der Waals surface area contributed by atoms with Crippen molar-refractivity contribution in [2.45, 2.75) is 32.4 Å². The van der Waals surface area contributed by atoms with Gasteiger partial charge < -0.3 is 5.11 Å². The molecule has 0 saturated carbocycles. The van der Waals surface area contributed by atoms with Crippen molar-refractivity contribution in [1.82, 2.24) is 9.78 Å². The predicted octanol–water partition coefficient (Wildman–Crippen LogP) is 2.04. The van der Waals surface area contributed by atoms with Gasteiger partial charge in [0.05, 0.1) is 17.3 Å². The molecule has 1 aliphatic heterocycles. The zero-order chi connectivity index (χ0) is 10.4. The predicted molar refractivity (Wildman–Crippen MR) is 58.7 cm³/mol. The second-order valence-corrected chi connectivity index (χ2v) is 4.20. The molecule has 0 fully saturated rings. The second-order valence-electron chi connectivity index (χ2n) is 4.20. The van der Waals surface area contributed by atoms with Crippen molar-refractivity contribution in [3.05, 3.63) is 29.5 Å². The van der Waals surface area contributed by atoms with Crippen LogP contribution in [0.4, 0.5) is 0 Å². The lowest BCUT2D eigenvalue weighted by atomic mass is 10.0. The van der Waals surface area contributed by atoms with Gasteiger partial charge in [-0.2, -0.15) is 5.10 Å². The van der Waals surface area contributed by atoms with Crippen LogP contribution in [0.2, 0.25) is 0 Å². The van der Waals surface area contributed by atoms with Gasteiger partial charge in [-0.25, -0.2) is 0 Å². The molecule has 0 aliphatic carbocycles. The highest BCUT2D eigenvalue weighted by molar-refractivity contribution is 5.85. The quantitative estimate of drug-likeness (QED) is 0.768. The number of para-hydroxylation sites is 1. The Balaban J connectivity index is 2.38. The normalized spacial score (nSPS) is 16.9. The van der Waals surface area contributed by atoms with Gasteiger partial charge in [0.15, 0.2) is 0 Å². The summed E-state index contributed by atoms with van der Waals surface area (Å²) >= 11 is 0. The third-order valence-corrected chi connectivity index (χ3v) is 3.09. The summed E-state index contributed by atoms with van der Waals surface area (Å²) in [6, 6.07) is 6.27. The van der Waals surface area contributed by atoms with Gasteiger partial charge in [0.25, 0.3) is 0 Å². The first-order chi connectivity index (χ1) is 7.27. The standard InChI is InChI=1S/C12H14N2O/c1-8(15)11-10-6-2-4-9-5-3-7-14(13-11)12(9)10/h2,4,6,8,15H,3,5,7H2,1H3. The maximum absolute atomic E-state index is 9.67. The molecule has 3 heteroatoms. The average Bonchev–Trinajstić information content (AvgIpc) is 2.61. The van der Waals surface area contributed by atoms with Gasteiger partial charge >= 0.3 is 0 Å². The number of nitrogens with zero attached hydrogens (tertiary/aromatic N) is 2. The van der Waals surface area contributed by atoms with E-state index >= 15 is 0 Å². The Morgan fingerprint density at radius 2 is 2.33 bits per heavy atom. The number of aliphatic hydroxyl groups excluding tert-OH is 1. The summed E-state index contributed by atoms with van der Waals surface area (Å²) in [7, 11) is 0. The van der Waals surface area contributed by atoms with Gasteiger partial charge in [0, 0.05) is 11.9 Å². The molecule has 78 valence electrons. The van der Waals surface area contributed by atoms with Gasteiger partial charge in [0.2, 0.25) is 0 Å². The molecule has 1 aromatic heterocycles. The van der Waals surface area contributed by atoms with Crippen LogP contribution < -0.4 is 0 Å². The Hall–Kier alpha value is -1.35. The maximum atomic E-state index is 9.67. The summed E-state index contributed by atoms with van der Waals surface area (Å²) in [5.41, 5.74) is 3.39. The number of rotatable bonds is 1. The van der Waals surface area contributed by atoms with Gasteiger partial charge in [-0.3, -0.25) is 4.68 Å². The summed E-state index contributed by atoms with van der Waals surface area (Å²) in [6.07, 6.45) is 1.79. The molecule has 1 aromatic carbocycles. The molecule has 1 atom stereocenters. The summed E-state index contributed by atoms with van der Waals surface area (Å²) < 4.78 is 2.04. The molecule has 3 nitrogen and oxygen atoms in total. The molecule has 1 N–H and O–H groups in total. The number of aromatic nitrogens is 2. The van der Waals surface area contributed by atoms with Gasteiger partial charge in [-0.15, -0.1) is 0 Å². The Labute approximate surface area is 88.3 Å². The van der Waals surface area contributed by atoms with Crippen LogP contribution in [0.5, 0.6) is 0 Å². The molecule has 15 heavy (non-hydrogen) atoms. The number of aryl methyl sites for hydroxylation is 2. The van der Waals surface area contributed by atoms with E-state index in [0.717, 1.165) is 30.5 Å². The molecule has 3 rings (SSSR count). The molecule has 0 saturated heterocycles. The fraction of sp³-hybridized carbons (Fsp3) is 0.417. The van der Waals surface area contributed by atoms with Crippen LogP contribution in [-0.4, -0.2) is 14.9 Å². The highest BCUT2D eigenvalue weighted by atomic mass is 16.3. The number of aliphatic hydroxyl groups is 1. The fourth-order valence-corrected chi connectivity index (χ4v) is 2.43. The van der Waals surface area contributed by atoms with E-state index in [2.05, 4.69) is 23.3 Å². The van der Waals surface area contributed by atoms with Gasteiger partial charge in [0.1, 0.15) is 0 Å². The van der Waals surface area contributed by atoms with Crippen molar-refractivity contribution >= 4 is 10.9 Å². The Bertz CT molecular complexity index is 514. The van der Waals surface area contributed by atoms with E-state index < -0.39 is 6.10 Å². The molecule has 0 bridgehead atoms. The molecular formula is C12H14N2O. The maximum Gasteiger partial charge on any atom is 0.0985 e. The number of benzene rings is 1. The SMILES string of the molecule is CC(O)c1nn2c3c(cccc13)CCC2. The van der Waals surface area contributed by atoms with Crippen molar-refractivity contribution in [3.8, 4) is 0 Å². The second kappa shape index (κ2) is 3.07. The number of hydrogen-bond acceptors (Lipinski definition) is 2. The largest absolute Gasteiger partial charge is 0.387 e. The lowest BCUT2D eigenvalue weighted by molar-refractivity contribution is 0.194. The van der Waals surface area contributed by atoms with E-state index in [4.69, 9.17) is 0 Å². The minimum Gasteiger partial charge on any atom is -0.387 e. The van der Waals surface area contributed by atoms with E-state index in [1.807, 2.05) is 4.68 Å². The van der Waals surface area contributed by atoms with Crippen LogP contribution in [0, 0.1) is 0 Å². The van der Waals surface area contributed by atoms with Gasteiger partial charge in [-0.05, 0) is 25.3 Å². The topological polar surface area (TPSA) is 38.1 Å². The minimum atomic E-state index is -0.484. The summed E-state index contributed by atoms with van der Waals surface area (Å²) in [4.78, 5) is 0. The summed E-state index contributed by atoms with van der Waals surface area (Å²) in [6.45, 7) is 2.75. The van der Waals surface area contributed by atoms with E-state index in [9.17, 15) is 5.11 Å². The minimum absolute atomic E-state index is 0.484. The first-order valence-corrected chi connectivity index (χ1v) is 5.44. The van der Waals surface area contributed by atoms with E-state index in [1.54, 1.807) is 6.92 Å². The Kier molecular flexibility index (Phi) is 1.83. The molecule has 2 aromatic rings. The molecule has 0 spiro atoms. The Morgan fingerprint density at radius 1 is 1.47 bits per heavy atom. The molecule has 0 amide bonds. The van der Waals surface area contributed by atoms with Crippen LogP contribution in [-0.2, 0) is 13.0 Å². The molecule has 2 heterocycles. The highest BCUT2D eigenvalue weighted by Gasteiger charge is 2.19. The van der Waals surface area contributed by atoms with E-state index in [0.29, 0.717) is 0 Å². The van der Waals surface area contributed by atoms with Gasteiger partial charge in [-0.1, -0.05) is 18.2 Å². The first-order valence-electron chi connectivity index (χ1n) is 5.44. The lowest BCUT2D eigenvalue weighted by Crippen LogP contribution is -2.08. The van der Waals surface area contributed by atoms with Crippen LogP contribution in [0.15, 0.2) is 18.2 Å². The molecular weight excluding hydrogens is 188 g/mol. The fourth-order valence-electron chi connectivity index (χ4n) is 2.43. The first kappa shape index (κ1) is 8.92. The third-order valence-electron chi connectivity index (χ3n) is 3.09. The molecule has 0 radical (unpaired) electrons. The summed E-state index contributed by atoms with van der Waals surface area (Å²) in [5.74, 6) is 0. The van der Waals surface area contributed by atoms with Crippen molar-refractivity contribution < 1.29 is 5.11 Å². The smallest absolute Gasteiger partial charge is 0.0985 e. The van der Waals surface area contributed by atoms with Crippen molar-refractivity contribution in [3.63, 3.8) is 0 Å². The zero-order valence-corrected chi connectivity index (χ0v) is 8.77. The summed E-state index contributed by atoms with van der Waals surface area (Å²) in [5, 5.41) is 15.3. The van der Waals surface area contributed by atoms with Crippen LogP contribution >= 0.6 is 0 Å². The van der Waals surface area contributed by atoms with Crippen molar-refractivity contribution in [1.29, 1.82) is 0 Å². The van der Waals surface area contributed by atoms with E-state index in [1.165, 1.54) is 11.1 Å². The van der Waals surface area contributed by atoms with Crippen LogP contribution in [0.25, 0.3) is 10.9 Å². The highest BCUT2D eigenvalue weighted by Crippen LogP contribution is 2.29. The molecule has 1 unspecified atom stereocenters. The average molecular weight is 202 g/mol. The monoisotopic (exact) mass is 202 g/mol.